The smallest absolute Gasteiger partial charge is 0.0989 e. The van der Waals surface area contributed by atoms with Gasteiger partial charge >= 0.3 is 0 Å². The van der Waals surface area contributed by atoms with Crippen LogP contribution in [0, 0.1) is 0 Å². The summed E-state index contributed by atoms with van der Waals surface area (Å²) in [6.07, 6.45) is 0.578. The molecule has 0 spiro atoms. The van der Waals surface area contributed by atoms with Crippen molar-refractivity contribution in [3.63, 3.8) is 0 Å². The van der Waals surface area contributed by atoms with Gasteiger partial charge in [-0.25, -0.2) is 0 Å². The predicted molar refractivity (Wildman–Crippen MR) is 57.6 cm³/mol. The summed E-state index contributed by atoms with van der Waals surface area (Å²) < 4.78 is 0. The van der Waals surface area contributed by atoms with Crippen LogP contribution in [0.15, 0.2) is 0 Å². The lowest BCUT2D eigenvalue weighted by molar-refractivity contribution is 0.0197. The van der Waals surface area contributed by atoms with Crippen molar-refractivity contribution in [3.8, 4) is 0 Å². The molecule has 1 heterocycles. The Morgan fingerprint density at radius 3 is 2.40 bits per heavy atom. The van der Waals surface area contributed by atoms with E-state index in [9.17, 15) is 10.2 Å². The number of aliphatic hydroxyl groups is 3. The van der Waals surface area contributed by atoms with E-state index in [4.69, 9.17) is 5.11 Å². The van der Waals surface area contributed by atoms with E-state index >= 15 is 0 Å². The summed E-state index contributed by atoms with van der Waals surface area (Å²) in [6, 6.07) is -0.577. The lowest BCUT2D eigenvalue weighted by atomic mass is 10.1. The molecule has 1 rings (SSSR count). The Morgan fingerprint density at radius 1 is 1.20 bits per heavy atom. The van der Waals surface area contributed by atoms with Gasteiger partial charge in [-0.3, -0.25) is 0 Å². The minimum atomic E-state index is -0.868. The van der Waals surface area contributed by atoms with Crippen molar-refractivity contribution in [3.05, 3.63) is 0 Å². The van der Waals surface area contributed by atoms with E-state index in [1.807, 2.05) is 0 Å². The standard InChI is InChI=1S/C10H22N2O3/c1-2-3-4-11-5-7-9(14)10(15)8(6-13)12-7/h7-15H,2-6H2,1H3/t7-,8-,9-,10+/m1/s1. The van der Waals surface area contributed by atoms with Crippen LogP contribution in [-0.2, 0) is 0 Å². The van der Waals surface area contributed by atoms with Crippen molar-refractivity contribution in [1.29, 1.82) is 0 Å². The van der Waals surface area contributed by atoms with Crippen LogP contribution in [0.5, 0.6) is 0 Å². The lowest BCUT2D eigenvalue weighted by Crippen LogP contribution is -2.42. The second-order valence-corrected chi connectivity index (χ2v) is 4.10. The van der Waals surface area contributed by atoms with Gasteiger partial charge in [0.15, 0.2) is 0 Å². The molecular formula is C10H22N2O3. The van der Waals surface area contributed by atoms with Gasteiger partial charge in [-0.1, -0.05) is 13.3 Å². The van der Waals surface area contributed by atoms with Gasteiger partial charge in [0.05, 0.1) is 24.9 Å². The summed E-state index contributed by atoms with van der Waals surface area (Å²) >= 11 is 0. The van der Waals surface area contributed by atoms with Crippen molar-refractivity contribution in [2.24, 2.45) is 0 Å². The van der Waals surface area contributed by atoms with Crippen molar-refractivity contribution in [2.45, 2.75) is 44.1 Å². The fourth-order valence-electron chi connectivity index (χ4n) is 1.85. The van der Waals surface area contributed by atoms with E-state index in [0.29, 0.717) is 6.54 Å². The van der Waals surface area contributed by atoms with Crippen LogP contribution in [0.25, 0.3) is 0 Å². The number of unbranched alkanes of at least 4 members (excludes halogenated alkanes) is 1. The molecule has 4 atom stereocenters. The summed E-state index contributed by atoms with van der Waals surface area (Å²) in [6.45, 7) is 3.51. The maximum atomic E-state index is 9.65. The first-order valence-electron chi connectivity index (χ1n) is 5.64. The molecule has 0 aliphatic carbocycles. The highest BCUT2D eigenvalue weighted by Crippen LogP contribution is 2.13. The molecule has 0 unspecified atom stereocenters. The summed E-state index contributed by atoms with van der Waals surface area (Å²) in [4.78, 5) is 0. The van der Waals surface area contributed by atoms with Gasteiger partial charge in [0.25, 0.3) is 0 Å². The Labute approximate surface area is 90.5 Å². The zero-order chi connectivity index (χ0) is 11.3. The van der Waals surface area contributed by atoms with Crippen LogP contribution in [0.4, 0.5) is 0 Å². The Morgan fingerprint density at radius 2 is 1.87 bits per heavy atom. The van der Waals surface area contributed by atoms with Crippen LogP contribution >= 0.6 is 0 Å². The molecule has 0 radical (unpaired) electrons. The molecule has 1 saturated heterocycles. The summed E-state index contributed by atoms with van der Waals surface area (Å²) in [5.41, 5.74) is 0. The molecule has 1 fully saturated rings. The highest BCUT2D eigenvalue weighted by Gasteiger charge is 2.39. The van der Waals surface area contributed by atoms with Gasteiger partial charge in [-0.15, -0.1) is 0 Å². The first-order chi connectivity index (χ1) is 7.20. The van der Waals surface area contributed by atoms with Crippen LogP contribution in [-0.4, -0.2) is 59.3 Å². The van der Waals surface area contributed by atoms with Gasteiger partial charge in [-0.2, -0.15) is 0 Å². The van der Waals surface area contributed by atoms with Crippen molar-refractivity contribution in [1.82, 2.24) is 10.6 Å². The third kappa shape index (κ3) is 3.39. The average Bonchev–Trinajstić information content (AvgIpc) is 2.52. The normalized spacial score (nSPS) is 36.0. The predicted octanol–water partition coefficient (Wildman–Crippen LogP) is -1.57. The number of nitrogens with one attached hydrogen (secondary N) is 2. The fourth-order valence-corrected chi connectivity index (χ4v) is 1.85. The molecular weight excluding hydrogens is 196 g/mol. The highest BCUT2D eigenvalue weighted by atomic mass is 16.3. The summed E-state index contributed by atoms with van der Waals surface area (Å²) in [5, 5.41) is 34.3. The van der Waals surface area contributed by atoms with E-state index < -0.39 is 18.2 Å². The minimum Gasteiger partial charge on any atom is -0.395 e. The minimum absolute atomic E-state index is 0.149. The van der Waals surface area contributed by atoms with Gasteiger partial charge in [-0.05, 0) is 13.0 Å². The molecule has 90 valence electrons. The first-order valence-corrected chi connectivity index (χ1v) is 5.64. The maximum Gasteiger partial charge on any atom is 0.0989 e. The van der Waals surface area contributed by atoms with Crippen molar-refractivity contribution >= 4 is 0 Å². The van der Waals surface area contributed by atoms with E-state index in [1.54, 1.807) is 0 Å². The Kier molecular flexibility index (Phi) is 5.49. The molecule has 0 saturated carbocycles. The Hall–Kier alpha value is -0.200. The Balaban J connectivity index is 2.25. The maximum absolute atomic E-state index is 9.65. The van der Waals surface area contributed by atoms with Gasteiger partial charge in [0.2, 0.25) is 0 Å². The number of hydrogen-bond acceptors (Lipinski definition) is 5. The van der Waals surface area contributed by atoms with Gasteiger partial charge in [0.1, 0.15) is 0 Å². The highest BCUT2D eigenvalue weighted by molar-refractivity contribution is 4.98. The van der Waals surface area contributed by atoms with Gasteiger partial charge in [0, 0.05) is 12.6 Å². The SMILES string of the molecule is CCCCNC[C@H]1N[C@H](CO)[C@H](O)[C@@H]1O. The van der Waals surface area contributed by atoms with E-state index in [-0.39, 0.29) is 12.6 Å². The molecule has 0 aromatic carbocycles. The Bertz CT molecular complexity index is 180. The summed E-state index contributed by atoms with van der Waals surface area (Å²) in [5.74, 6) is 0. The van der Waals surface area contributed by atoms with Crippen LogP contribution < -0.4 is 10.6 Å². The second-order valence-electron chi connectivity index (χ2n) is 4.10. The zero-order valence-corrected chi connectivity index (χ0v) is 9.19. The number of hydrogen-bond donors (Lipinski definition) is 5. The second kappa shape index (κ2) is 6.40. The van der Waals surface area contributed by atoms with Crippen LogP contribution in [0.1, 0.15) is 19.8 Å². The number of aliphatic hydroxyl groups excluding tert-OH is 3. The molecule has 0 amide bonds. The topological polar surface area (TPSA) is 84.8 Å². The molecule has 15 heavy (non-hydrogen) atoms. The third-order valence-electron chi connectivity index (χ3n) is 2.87. The third-order valence-corrected chi connectivity index (χ3v) is 2.87. The molecule has 1 aliphatic heterocycles. The van der Waals surface area contributed by atoms with E-state index in [2.05, 4.69) is 17.6 Å². The first kappa shape index (κ1) is 12.9. The molecule has 5 N–H and O–H groups in total. The largest absolute Gasteiger partial charge is 0.395 e. The van der Waals surface area contributed by atoms with E-state index in [1.165, 1.54) is 0 Å². The molecule has 0 aromatic rings. The lowest BCUT2D eigenvalue weighted by Gasteiger charge is -2.16. The van der Waals surface area contributed by atoms with Crippen molar-refractivity contribution < 1.29 is 15.3 Å². The summed E-state index contributed by atoms with van der Waals surface area (Å²) in [7, 11) is 0. The van der Waals surface area contributed by atoms with Crippen LogP contribution in [0.2, 0.25) is 0 Å². The monoisotopic (exact) mass is 218 g/mol. The number of rotatable bonds is 6. The average molecular weight is 218 g/mol. The molecule has 1 aliphatic rings. The van der Waals surface area contributed by atoms with E-state index in [0.717, 1.165) is 19.4 Å². The quantitative estimate of drug-likeness (QED) is 0.348. The van der Waals surface area contributed by atoms with Crippen LogP contribution in [0.3, 0.4) is 0 Å². The zero-order valence-electron chi connectivity index (χ0n) is 9.19. The molecule has 0 bridgehead atoms. The van der Waals surface area contributed by atoms with Crippen molar-refractivity contribution in [2.75, 3.05) is 19.7 Å². The molecule has 0 aromatic heterocycles. The van der Waals surface area contributed by atoms with Gasteiger partial charge < -0.3 is 26.0 Å². The fraction of sp³-hybridized carbons (Fsp3) is 1.00. The molecule has 5 heteroatoms. The molecule has 5 nitrogen and oxygen atoms in total.